The van der Waals surface area contributed by atoms with Gasteiger partial charge in [-0.3, -0.25) is 4.79 Å². The molecule has 0 aliphatic rings. The first-order valence-electron chi connectivity index (χ1n) is 5.59. The first-order chi connectivity index (χ1) is 7.46. The number of rotatable bonds is 8. The molecule has 0 aromatic rings. The molecule has 0 rings (SSSR count). The quantitative estimate of drug-likeness (QED) is 0.661. The maximum absolute atomic E-state index is 11.5. The van der Waals surface area contributed by atoms with Crippen LogP contribution in [0.25, 0.3) is 0 Å². The zero-order valence-electron chi connectivity index (χ0n) is 10.1. The Bertz CT molecular complexity index is 296. The Morgan fingerprint density at radius 3 is 2.31 bits per heavy atom. The topological polar surface area (TPSA) is 69.7 Å². The van der Waals surface area contributed by atoms with Crippen molar-refractivity contribution in [1.82, 2.24) is 0 Å². The summed E-state index contributed by atoms with van der Waals surface area (Å²) in [6.07, 6.45) is 3.05. The molecule has 0 aliphatic carbocycles. The van der Waals surface area contributed by atoms with E-state index in [0.717, 1.165) is 12.8 Å². The van der Waals surface area contributed by atoms with Gasteiger partial charge in [0.25, 0.3) is 0 Å². The van der Waals surface area contributed by atoms with E-state index in [-0.39, 0.29) is 12.5 Å². The third-order valence-electron chi connectivity index (χ3n) is 2.18. The maximum atomic E-state index is 11.5. The summed E-state index contributed by atoms with van der Waals surface area (Å²) in [6, 6.07) is 0. The van der Waals surface area contributed by atoms with Gasteiger partial charge in [-0.15, -0.1) is 0 Å². The Morgan fingerprint density at radius 1 is 1.25 bits per heavy atom. The van der Waals surface area contributed by atoms with Gasteiger partial charge < -0.3 is 4.18 Å². The summed E-state index contributed by atoms with van der Waals surface area (Å²) in [6.45, 7) is 5.31. The molecule has 0 aromatic heterocycles. The van der Waals surface area contributed by atoms with Crippen LogP contribution in [-0.4, -0.2) is 21.0 Å². The molecule has 0 amide bonds. The van der Waals surface area contributed by atoms with Gasteiger partial charge in [-0.1, -0.05) is 26.7 Å². The van der Waals surface area contributed by atoms with Crippen LogP contribution in [-0.2, 0) is 23.6 Å². The Balaban J connectivity index is 4.31. The molecule has 1 atom stereocenters. The van der Waals surface area contributed by atoms with Gasteiger partial charge in [0.1, 0.15) is 0 Å². The molecule has 1 unspecified atom stereocenters. The Labute approximate surface area is 97.5 Å². The number of carbonyl (C=O) groups excluding carboxylic acids is 1. The lowest BCUT2D eigenvalue weighted by Crippen LogP contribution is -2.22. The van der Waals surface area contributed by atoms with E-state index in [1.807, 2.05) is 13.8 Å². The molecule has 6 heteroatoms. The highest BCUT2D eigenvalue weighted by Gasteiger charge is 2.24. The van der Waals surface area contributed by atoms with Crippen LogP contribution in [0.1, 0.15) is 46.5 Å². The monoisotopic (exact) mass is 252 g/mol. The highest BCUT2D eigenvalue weighted by Crippen LogP contribution is 2.15. The minimum absolute atomic E-state index is 0.0403. The molecule has 0 saturated carbocycles. The maximum Gasteiger partial charge on any atom is 0.451 e. The second kappa shape index (κ2) is 7.62. The van der Waals surface area contributed by atoms with E-state index >= 15 is 0 Å². The van der Waals surface area contributed by atoms with Crippen molar-refractivity contribution in [2.24, 2.45) is 5.92 Å². The second-order valence-electron chi connectivity index (χ2n) is 3.46. The van der Waals surface area contributed by atoms with Crippen molar-refractivity contribution in [3.63, 3.8) is 0 Å². The Morgan fingerprint density at radius 2 is 1.88 bits per heavy atom. The number of hydrogen-bond acceptors (Lipinski definition) is 5. The summed E-state index contributed by atoms with van der Waals surface area (Å²) in [7, 11) is -4.16. The lowest BCUT2D eigenvalue weighted by Gasteiger charge is -2.12. The van der Waals surface area contributed by atoms with Gasteiger partial charge in [-0.05, 0) is 19.8 Å². The molecule has 0 spiro atoms. The molecule has 0 N–H and O–H groups in total. The molecule has 0 aromatic carbocycles. The van der Waals surface area contributed by atoms with Crippen LogP contribution in [0.2, 0.25) is 0 Å². The van der Waals surface area contributed by atoms with Crippen LogP contribution in [0.15, 0.2) is 0 Å². The highest BCUT2D eigenvalue weighted by molar-refractivity contribution is 7.82. The van der Waals surface area contributed by atoms with Gasteiger partial charge in [-0.25, -0.2) is 4.18 Å². The van der Waals surface area contributed by atoms with Crippen molar-refractivity contribution in [1.29, 1.82) is 0 Å². The van der Waals surface area contributed by atoms with Crippen LogP contribution in [0.5, 0.6) is 0 Å². The minimum Gasteiger partial charge on any atom is -0.325 e. The molecule has 0 bridgehead atoms. The third-order valence-corrected chi connectivity index (χ3v) is 3.07. The van der Waals surface area contributed by atoms with E-state index in [0.29, 0.717) is 12.8 Å². The molecule has 96 valence electrons. The van der Waals surface area contributed by atoms with E-state index in [1.165, 1.54) is 6.92 Å². The number of carbonyl (C=O) groups is 1. The molecule has 5 nitrogen and oxygen atoms in total. The van der Waals surface area contributed by atoms with Gasteiger partial charge in [-0.2, -0.15) is 8.42 Å². The molecule has 0 aliphatic heterocycles. The first kappa shape index (κ1) is 15.4. The predicted molar refractivity (Wildman–Crippen MR) is 59.9 cm³/mol. The molecular formula is C10H20O5S. The van der Waals surface area contributed by atoms with Crippen molar-refractivity contribution < 1.29 is 21.6 Å². The summed E-state index contributed by atoms with van der Waals surface area (Å²) in [4.78, 5) is 11.5. The number of hydrogen-bond donors (Lipinski definition) is 0. The van der Waals surface area contributed by atoms with E-state index in [2.05, 4.69) is 8.37 Å². The fourth-order valence-electron chi connectivity index (χ4n) is 1.28. The Hall–Kier alpha value is -0.620. The summed E-state index contributed by atoms with van der Waals surface area (Å²) in [5.41, 5.74) is 0. The van der Waals surface area contributed by atoms with Crippen LogP contribution in [0.3, 0.4) is 0 Å². The average molecular weight is 252 g/mol. The zero-order valence-corrected chi connectivity index (χ0v) is 10.9. The first-order valence-corrected chi connectivity index (χ1v) is 6.92. The van der Waals surface area contributed by atoms with E-state index < -0.39 is 16.4 Å². The summed E-state index contributed by atoms with van der Waals surface area (Å²) >= 11 is 0. The van der Waals surface area contributed by atoms with Gasteiger partial charge in [0.15, 0.2) is 0 Å². The van der Waals surface area contributed by atoms with E-state index in [9.17, 15) is 13.2 Å². The third kappa shape index (κ3) is 6.07. The van der Waals surface area contributed by atoms with Gasteiger partial charge in [0.2, 0.25) is 0 Å². The zero-order chi connectivity index (χ0) is 12.6. The summed E-state index contributed by atoms with van der Waals surface area (Å²) in [5, 5.41) is 0. The van der Waals surface area contributed by atoms with Gasteiger partial charge >= 0.3 is 16.4 Å². The molecular weight excluding hydrogens is 232 g/mol. The molecule has 16 heavy (non-hydrogen) atoms. The van der Waals surface area contributed by atoms with Crippen molar-refractivity contribution in [3.05, 3.63) is 0 Å². The Kier molecular flexibility index (Phi) is 7.33. The van der Waals surface area contributed by atoms with Crippen molar-refractivity contribution in [2.75, 3.05) is 6.61 Å². The van der Waals surface area contributed by atoms with Crippen molar-refractivity contribution in [2.45, 2.75) is 46.5 Å². The fraction of sp³-hybridized carbons (Fsp3) is 0.900. The molecule has 0 fully saturated rings. The average Bonchev–Trinajstić information content (AvgIpc) is 2.17. The highest BCUT2D eigenvalue weighted by atomic mass is 32.3. The van der Waals surface area contributed by atoms with Crippen LogP contribution in [0, 0.1) is 5.92 Å². The summed E-state index contributed by atoms with van der Waals surface area (Å²) < 4.78 is 30.8. The fourth-order valence-corrected chi connectivity index (χ4v) is 1.95. The van der Waals surface area contributed by atoms with Gasteiger partial charge in [0.05, 0.1) is 12.5 Å². The van der Waals surface area contributed by atoms with Crippen LogP contribution in [0.4, 0.5) is 0 Å². The molecule has 0 heterocycles. The minimum atomic E-state index is -4.16. The smallest absolute Gasteiger partial charge is 0.325 e. The second-order valence-corrected chi connectivity index (χ2v) is 4.68. The standard InChI is InChI=1S/C10H20O5S/c1-4-7-8-9(5-2)10(11)15-16(12,13)14-6-3/h9H,4-8H2,1-3H3. The largest absolute Gasteiger partial charge is 0.451 e. The van der Waals surface area contributed by atoms with Gasteiger partial charge in [0, 0.05) is 0 Å². The van der Waals surface area contributed by atoms with Crippen molar-refractivity contribution in [3.8, 4) is 0 Å². The lowest BCUT2D eigenvalue weighted by atomic mass is 10.00. The number of unbranched alkanes of at least 4 members (excludes halogenated alkanes) is 1. The molecule has 0 radical (unpaired) electrons. The predicted octanol–water partition coefficient (Wildman–Crippen LogP) is 2.03. The van der Waals surface area contributed by atoms with Crippen LogP contribution < -0.4 is 0 Å². The summed E-state index contributed by atoms with van der Waals surface area (Å²) in [5.74, 6) is -1.08. The van der Waals surface area contributed by atoms with E-state index in [4.69, 9.17) is 0 Å². The SMILES string of the molecule is CCCCC(CC)C(=O)OS(=O)(=O)OCC. The molecule has 0 saturated heterocycles. The lowest BCUT2D eigenvalue weighted by molar-refractivity contribution is -0.139. The normalized spacial score (nSPS) is 13.4. The van der Waals surface area contributed by atoms with E-state index in [1.54, 1.807) is 0 Å². The van der Waals surface area contributed by atoms with Crippen LogP contribution >= 0.6 is 0 Å². The van der Waals surface area contributed by atoms with Crippen molar-refractivity contribution >= 4 is 16.4 Å².